The Morgan fingerprint density at radius 3 is 2.73 bits per heavy atom. The van der Waals surface area contributed by atoms with Crippen LogP contribution in [-0.4, -0.2) is 40.8 Å². The second kappa shape index (κ2) is 7.70. The van der Waals surface area contributed by atoms with E-state index >= 15 is 0 Å². The van der Waals surface area contributed by atoms with Crippen molar-refractivity contribution in [1.82, 2.24) is 10.0 Å². The normalized spacial score (nSPS) is 21.6. The largest absolute Gasteiger partial charge is 0.383 e. The summed E-state index contributed by atoms with van der Waals surface area (Å²) in [7, 11) is -2.07. The molecule has 22 heavy (non-hydrogen) atoms. The lowest BCUT2D eigenvalue weighted by Crippen LogP contribution is -2.52. The second-order valence-electron chi connectivity index (χ2n) is 5.48. The van der Waals surface area contributed by atoms with E-state index in [1.807, 2.05) is 0 Å². The number of halogens is 2. The Kier molecular flexibility index (Phi) is 6.76. The zero-order valence-corrected chi connectivity index (χ0v) is 14.3. The molecule has 0 saturated carbocycles. The molecule has 1 atom stereocenters. The van der Waals surface area contributed by atoms with Gasteiger partial charge in [0, 0.05) is 13.7 Å². The number of hydrogen-bond acceptors (Lipinski definition) is 4. The molecule has 1 aliphatic heterocycles. The molecule has 2 rings (SSSR count). The van der Waals surface area contributed by atoms with Gasteiger partial charge in [0.15, 0.2) is 0 Å². The van der Waals surface area contributed by atoms with E-state index in [1.165, 1.54) is 12.1 Å². The number of ether oxygens (including phenoxy) is 1. The molecule has 1 aromatic carbocycles. The summed E-state index contributed by atoms with van der Waals surface area (Å²) in [5, 5.41) is 3.31. The number of methoxy groups -OCH3 is 1. The van der Waals surface area contributed by atoms with Crippen molar-refractivity contribution in [3.05, 3.63) is 29.6 Å². The summed E-state index contributed by atoms with van der Waals surface area (Å²) >= 11 is 0. The predicted molar refractivity (Wildman–Crippen MR) is 85.4 cm³/mol. The van der Waals surface area contributed by atoms with E-state index in [2.05, 4.69) is 10.0 Å². The average Bonchev–Trinajstić information content (AvgIpc) is 2.86. The van der Waals surface area contributed by atoms with Crippen LogP contribution in [0.2, 0.25) is 0 Å². The van der Waals surface area contributed by atoms with E-state index in [4.69, 9.17) is 4.74 Å². The summed E-state index contributed by atoms with van der Waals surface area (Å²) in [5.41, 5.74) is 0.0260. The fourth-order valence-electron chi connectivity index (χ4n) is 2.70. The summed E-state index contributed by atoms with van der Waals surface area (Å²) in [6, 6.07) is 3.66. The Balaban J connectivity index is 0.00000242. The molecule has 1 fully saturated rings. The monoisotopic (exact) mass is 352 g/mol. The van der Waals surface area contributed by atoms with Gasteiger partial charge in [0.1, 0.15) is 5.82 Å². The van der Waals surface area contributed by atoms with Crippen LogP contribution in [0.25, 0.3) is 0 Å². The molecule has 0 aromatic heterocycles. The summed E-state index contributed by atoms with van der Waals surface area (Å²) in [6.45, 7) is 3.12. The molecule has 0 aliphatic carbocycles. The maximum atomic E-state index is 13.1. The predicted octanol–water partition coefficient (Wildman–Crippen LogP) is 1.60. The van der Waals surface area contributed by atoms with Gasteiger partial charge in [-0.25, -0.2) is 17.5 Å². The number of benzene rings is 1. The number of nitrogens with one attached hydrogen (secondary N) is 2. The van der Waals surface area contributed by atoms with Crippen molar-refractivity contribution < 1.29 is 17.5 Å². The fourth-order valence-corrected chi connectivity index (χ4v) is 4.05. The number of rotatable bonds is 6. The summed E-state index contributed by atoms with van der Waals surface area (Å²) in [6.07, 6.45) is 1.84. The van der Waals surface area contributed by atoms with Crippen molar-refractivity contribution >= 4 is 22.4 Å². The van der Waals surface area contributed by atoms with Gasteiger partial charge in [-0.2, -0.15) is 0 Å². The first-order valence-electron chi connectivity index (χ1n) is 6.88. The molecule has 0 radical (unpaired) electrons. The van der Waals surface area contributed by atoms with Crippen molar-refractivity contribution in [2.24, 2.45) is 0 Å². The molecule has 1 saturated heterocycles. The van der Waals surface area contributed by atoms with Gasteiger partial charge in [0.05, 0.1) is 17.0 Å². The number of aryl methyl sites for hydroxylation is 1. The molecular formula is C14H22ClFN2O3S. The molecule has 0 amide bonds. The topological polar surface area (TPSA) is 67.4 Å². The SMILES string of the molecule is COCC1(CNS(=O)(=O)c2ccc(F)cc2C)CCCN1.Cl. The highest BCUT2D eigenvalue weighted by atomic mass is 35.5. The molecule has 2 N–H and O–H groups in total. The Hall–Kier alpha value is -0.730. The van der Waals surface area contributed by atoms with Gasteiger partial charge in [-0.05, 0) is 50.1 Å². The van der Waals surface area contributed by atoms with E-state index in [9.17, 15) is 12.8 Å². The first kappa shape index (κ1) is 19.3. The summed E-state index contributed by atoms with van der Waals surface area (Å²) in [5.74, 6) is -0.445. The molecule has 0 bridgehead atoms. The minimum atomic E-state index is -3.66. The average molecular weight is 353 g/mol. The van der Waals surface area contributed by atoms with Crippen molar-refractivity contribution in [3.63, 3.8) is 0 Å². The number of hydrogen-bond donors (Lipinski definition) is 2. The van der Waals surface area contributed by atoms with Crippen LogP contribution in [-0.2, 0) is 14.8 Å². The van der Waals surface area contributed by atoms with Crippen LogP contribution in [0.3, 0.4) is 0 Å². The third-order valence-corrected chi connectivity index (χ3v) is 5.34. The van der Waals surface area contributed by atoms with Gasteiger partial charge >= 0.3 is 0 Å². The standard InChI is InChI=1S/C14H21FN2O3S.ClH/c1-11-8-12(15)4-5-13(11)21(18,19)17-9-14(10-20-2)6-3-7-16-14;/h4-5,8,16-17H,3,6-7,9-10H2,1-2H3;1H. The quantitative estimate of drug-likeness (QED) is 0.816. The van der Waals surface area contributed by atoms with Gasteiger partial charge in [0.2, 0.25) is 10.0 Å². The Labute approximate surface area is 137 Å². The molecule has 1 aromatic rings. The molecule has 1 aliphatic rings. The highest BCUT2D eigenvalue weighted by Gasteiger charge is 2.35. The van der Waals surface area contributed by atoms with E-state index in [1.54, 1.807) is 14.0 Å². The summed E-state index contributed by atoms with van der Waals surface area (Å²) < 4.78 is 45.6. The lowest BCUT2D eigenvalue weighted by atomic mass is 9.99. The third-order valence-electron chi connectivity index (χ3n) is 3.78. The Morgan fingerprint density at radius 1 is 1.45 bits per heavy atom. The van der Waals surface area contributed by atoms with Crippen LogP contribution in [0, 0.1) is 12.7 Å². The third kappa shape index (κ3) is 4.39. The molecule has 8 heteroatoms. The number of sulfonamides is 1. The van der Waals surface area contributed by atoms with Crippen LogP contribution >= 0.6 is 12.4 Å². The zero-order chi connectivity index (χ0) is 15.5. The first-order chi connectivity index (χ1) is 9.88. The second-order valence-corrected chi connectivity index (χ2v) is 7.21. The van der Waals surface area contributed by atoms with Crippen LogP contribution in [0.15, 0.2) is 23.1 Å². The fraction of sp³-hybridized carbons (Fsp3) is 0.571. The van der Waals surface area contributed by atoms with E-state index < -0.39 is 15.8 Å². The molecule has 126 valence electrons. The van der Waals surface area contributed by atoms with Gasteiger partial charge in [-0.3, -0.25) is 0 Å². The minimum Gasteiger partial charge on any atom is -0.383 e. The van der Waals surface area contributed by atoms with Crippen molar-refractivity contribution in [2.45, 2.75) is 30.2 Å². The maximum absolute atomic E-state index is 13.1. The van der Waals surface area contributed by atoms with E-state index in [0.717, 1.165) is 25.5 Å². The molecular weight excluding hydrogens is 331 g/mol. The minimum absolute atomic E-state index is 0. The van der Waals surface area contributed by atoms with Crippen LogP contribution in [0.5, 0.6) is 0 Å². The molecule has 5 nitrogen and oxygen atoms in total. The molecule has 1 heterocycles. The zero-order valence-electron chi connectivity index (χ0n) is 12.7. The smallest absolute Gasteiger partial charge is 0.240 e. The van der Waals surface area contributed by atoms with E-state index in [-0.39, 0.29) is 29.4 Å². The van der Waals surface area contributed by atoms with E-state index in [0.29, 0.717) is 12.2 Å². The van der Waals surface area contributed by atoms with Crippen LogP contribution in [0.4, 0.5) is 4.39 Å². The van der Waals surface area contributed by atoms with Gasteiger partial charge < -0.3 is 10.1 Å². The maximum Gasteiger partial charge on any atom is 0.240 e. The van der Waals surface area contributed by atoms with Crippen LogP contribution in [0.1, 0.15) is 18.4 Å². The summed E-state index contributed by atoms with van der Waals surface area (Å²) in [4.78, 5) is 0.106. The Bertz CT molecular complexity index is 604. The van der Waals surface area contributed by atoms with Crippen molar-refractivity contribution in [3.8, 4) is 0 Å². The van der Waals surface area contributed by atoms with Gasteiger partial charge in [0.25, 0.3) is 0 Å². The van der Waals surface area contributed by atoms with Crippen LogP contribution < -0.4 is 10.0 Å². The van der Waals surface area contributed by atoms with Gasteiger partial charge in [-0.1, -0.05) is 0 Å². The highest BCUT2D eigenvalue weighted by molar-refractivity contribution is 7.89. The first-order valence-corrected chi connectivity index (χ1v) is 8.37. The molecule has 0 spiro atoms. The highest BCUT2D eigenvalue weighted by Crippen LogP contribution is 2.21. The lowest BCUT2D eigenvalue weighted by molar-refractivity contribution is 0.122. The van der Waals surface area contributed by atoms with Gasteiger partial charge in [-0.15, -0.1) is 12.4 Å². The van der Waals surface area contributed by atoms with Crippen molar-refractivity contribution in [1.29, 1.82) is 0 Å². The Morgan fingerprint density at radius 2 is 2.18 bits per heavy atom. The molecule has 1 unspecified atom stereocenters. The lowest BCUT2D eigenvalue weighted by Gasteiger charge is -2.29. The van der Waals surface area contributed by atoms with Crippen molar-refractivity contribution in [2.75, 3.05) is 26.8 Å².